The highest BCUT2D eigenvalue weighted by Crippen LogP contribution is 2.31. The van der Waals surface area contributed by atoms with Crippen LogP contribution in [-0.2, 0) is 0 Å². The quantitative estimate of drug-likeness (QED) is 0.663. The number of likely N-dealkylation sites (N-methyl/N-ethyl adjacent to an activating group) is 1. The average molecular weight is 435 g/mol. The van der Waals surface area contributed by atoms with Crippen molar-refractivity contribution < 1.29 is 4.79 Å². The number of aliphatic imine (C=N–C) groups is 1. The van der Waals surface area contributed by atoms with Crippen LogP contribution in [0.5, 0.6) is 0 Å². The summed E-state index contributed by atoms with van der Waals surface area (Å²) in [5, 5.41) is 11.9. The number of rotatable bonds is 4. The molecule has 1 atom stereocenters. The summed E-state index contributed by atoms with van der Waals surface area (Å²) >= 11 is 7.68. The zero-order chi connectivity index (χ0) is 21.1. The van der Waals surface area contributed by atoms with Gasteiger partial charge in [0.05, 0.1) is 32.6 Å². The number of anilines is 1. The first-order valence-corrected chi connectivity index (χ1v) is 10.7. The summed E-state index contributed by atoms with van der Waals surface area (Å²) < 4.78 is 0.716. The van der Waals surface area contributed by atoms with Crippen molar-refractivity contribution in [2.24, 2.45) is 4.99 Å². The first-order chi connectivity index (χ1) is 14.5. The van der Waals surface area contributed by atoms with E-state index in [-0.39, 0.29) is 11.9 Å². The van der Waals surface area contributed by atoms with E-state index in [1.54, 1.807) is 24.3 Å². The SMILES string of the molecule is CN1CC(CNC(=O)c2ccc(C#N)cc2)N=C(c2ccc(Cl)s2)c2ccccc21. The van der Waals surface area contributed by atoms with Crippen LogP contribution >= 0.6 is 22.9 Å². The highest BCUT2D eigenvalue weighted by molar-refractivity contribution is 7.18. The van der Waals surface area contributed by atoms with Gasteiger partial charge in [-0.2, -0.15) is 5.26 Å². The number of nitrogens with one attached hydrogen (secondary N) is 1. The van der Waals surface area contributed by atoms with E-state index in [9.17, 15) is 4.79 Å². The topological polar surface area (TPSA) is 68.5 Å². The Morgan fingerprint density at radius 1 is 1.23 bits per heavy atom. The van der Waals surface area contributed by atoms with Crippen LogP contribution in [-0.4, -0.2) is 37.8 Å². The zero-order valence-corrected chi connectivity index (χ0v) is 17.9. The number of nitrogens with zero attached hydrogens (tertiary/aromatic N) is 3. The molecule has 0 bridgehead atoms. The fourth-order valence-electron chi connectivity index (χ4n) is 3.47. The maximum Gasteiger partial charge on any atom is 0.251 e. The standard InChI is InChI=1S/C23H19ClN4OS/c1-28-14-17(13-26-23(29)16-8-6-15(12-25)7-9-16)27-22(20-10-11-21(24)30-20)18-4-2-3-5-19(18)28/h2-11,17H,13-14H2,1H3,(H,26,29). The lowest BCUT2D eigenvalue weighted by atomic mass is 10.1. The Labute approximate surface area is 184 Å². The Morgan fingerprint density at radius 2 is 2.00 bits per heavy atom. The van der Waals surface area contributed by atoms with Crippen molar-refractivity contribution in [2.45, 2.75) is 6.04 Å². The second-order valence-electron chi connectivity index (χ2n) is 7.03. The number of benzene rings is 2. The van der Waals surface area contributed by atoms with Crippen molar-refractivity contribution in [2.75, 3.05) is 25.0 Å². The molecule has 3 aromatic rings. The molecule has 4 rings (SSSR count). The Balaban J connectivity index is 1.58. The molecule has 0 aliphatic carbocycles. The number of benzodiazepines with no additional fused rings is 1. The second-order valence-corrected chi connectivity index (χ2v) is 8.75. The van der Waals surface area contributed by atoms with Gasteiger partial charge in [-0.25, -0.2) is 0 Å². The monoisotopic (exact) mass is 434 g/mol. The summed E-state index contributed by atoms with van der Waals surface area (Å²) in [5.74, 6) is -0.181. The van der Waals surface area contributed by atoms with Gasteiger partial charge in [-0.3, -0.25) is 9.79 Å². The van der Waals surface area contributed by atoms with Crippen LogP contribution in [0.15, 0.2) is 65.7 Å². The van der Waals surface area contributed by atoms with Crippen LogP contribution in [0.25, 0.3) is 0 Å². The van der Waals surface area contributed by atoms with Crippen LogP contribution in [0.4, 0.5) is 5.69 Å². The molecular formula is C23H19ClN4OS. The van der Waals surface area contributed by atoms with Gasteiger partial charge in [0.25, 0.3) is 5.91 Å². The molecule has 0 spiro atoms. The molecule has 150 valence electrons. The third kappa shape index (κ3) is 4.23. The largest absolute Gasteiger partial charge is 0.372 e. The van der Waals surface area contributed by atoms with E-state index in [1.807, 2.05) is 31.3 Å². The predicted octanol–water partition coefficient (Wildman–Crippen LogP) is 4.36. The van der Waals surface area contributed by atoms with Crippen molar-refractivity contribution in [1.82, 2.24) is 5.32 Å². The normalized spacial score (nSPS) is 15.6. The number of carbonyl (C=O) groups excluding carboxylic acids is 1. The van der Waals surface area contributed by atoms with Gasteiger partial charge >= 0.3 is 0 Å². The number of carbonyl (C=O) groups is 1. The number of amides is 1. The van der Waals surface area contributed by atoms with Crippen LogP contribution in [0.1, 0.15) is 26.4 Å². The number of halogens is 1. The maximum absolute atomic E-state index is 12.6. The van der Waals surface area contributed by atoms with E-state index >= 15 is 0 Å². The Kier molecular flexibility index (Phi) is 5.84. The molecule has 2 aromatic carbocycles. The summed E-state index contributed by atoms with van der Waals surface area (Å²) in [6.07, 6.45) is 0. The molecule has 0 radical (unpaired) electrons. The number of hydrogen-bond acceptors (Lipinski definition) is 5. The van der Waals surface area contributed by atoms with Gasteiger partial charge in [0.15, 0.2) is 0 Å². The predicted molar refractivity (Wildman–Crippen MR) is 122 cm³/mol. The lowest BCUT2D eigenvalue weighted by Gasteiger charge is -2.22. The van der Waals surface area contributed by atoms with E-state index in [0.717, 1.165) is 21.8 Å². The molecule has 1 aliphatic heterocycles. The van der Waals surface area contributed by atoms with Crippen molar-refractivity contribution in [3.63, 3.8) is 0 Å². The van der Waals surface area contributed by atoms with Gasteiger partial charge < -0.3 is 10.2 Å². The number of thiophene rings is 1. The highest BCUT2D eigenvalue weighted by atomic mass is 35.5. The fraction of sp³-hybridized carbons (Fsp3) is 0.174. The molecule has 0 saturated heterocycles. The smallest absolute Gasteiger partial charge is 0.251 e. The molecule has 1 aliphatic rings. The Hall–Kier alpha value is -3.14. The second kappa shape index (κ2) is 8.70. The van der Waals surface area contributed by atoms with Crippen molar-refractivity contribution in [3.8, 4) is 6.07 Å². The van der Waals surface area contributed by atoms with E-state index in [0.29, 0.717) is 28.6 Å². The number of nitriles is 1. The lowest BCUT2D eigenvalue weighted by molar-refractivity contribution is 0.0951. The van der Waals surface area contributed by atoms with Gasteiger partial charge in [-0.15, -0.1) is 11.3 Å². The lowest BCUT2D eigenvalue weighted by Crippen LogP contribution is -2.37. The first-order valence-electron chi connectivity index (χ1n) is 9.47. The average Bonchev–Trinajstić information content (AvgIpc) is 3.15. The summed E-state index contributed by atoms with van der Waals surface area (Å²) in [7, 11) is 2.04. The van der Waals surface area contributed by atoms with Gasteiger partial charge in [0.1, 0.15) is 0 Å². The van der Waals surface area contributed by atoms with E-state index < -0.39 is 0 Å². The van der Waals surface area contributed by atoms with Crippen LogP contribution < -0.4 is 10.2 Å². The summed E-state index contributed by atoms with van der Waals surface area (Å²) in [6, 6.07) is 20.6. The minimum absolute atomic E-state index is 0.124. The number of para-hydroxylation sites is 1. The third-order valence-electron chi connectivity index (χ3n) is 4.95. The summed E-state index contributed by atoms with van der Waals surface area (Å²) in [5.41, 5.74) is 4.10. The minimum Gasteiger partial charge on any atom is -0.372 e. The van der Waals surface area contributed by atoms with E-state index in [1.165, 1.54) is 11.3 Å². The molecule has 1 unspecified atom stereocenters. The number of hydrogen-bond donors (Lipinski definition) is 1. The molecule has 5 nitrogen and oxygen atoms in total. The van der Waals surface area contributed by atoms with Crippen LogP contribution in [0.2, 0.25) is 4.34 Å². The molecule has 30 heavy (non-hydrogen) atoms. The molecule has 1 aromatic heterocycles. The summed E-state index contributed by atoms with van der Waals surface area (Å²) in [6.45, 7) is 1.08. The van der Waals surface area contributed by atoms with Crippen molar-refractivity contribution in [3.05, 3.63) is 86.6 Å². The molecule has 0 fully saturated rings. The fourth-order valence-corrected chi connectivity index (χ4v) is 4.52. The maximum atomic E-state index is 12.6. The minimum atomic E-state index is -0.181. The third-order valence-corrected chi connectivity index (χ3v) is 6.19. The molecule has 0 saturated carbocycles. The Bertz CT molecular complexity index is 1150. The highest BCUT2D eigenvalue weighted by Gasteiger charge is 2.24. The molecule has 1 amide bonds. The van der Waals surface area contributed by atoms with Crippen LogP contribution in [0, 0.1) is 11.3 Å². The molecule has 1 N–H and O–H groups in total. The molecule has 7 heteroatoms. The van der Waals surface area contributed by atoms with Gasteiger partial charge in [0.2, 0.25) is 0 Å². The van der Waals surface area contributed by atoms with Crippen molar-refractivity contribution in [1.29, 1.82) is 5.26 Å². The van der Waals surface area contributed by atoms with E-state index in [4.69, 9.17) is 21.9 Å². The Morgan fingerprint density at radius 3 is 2.70 bits per heavy atom. The van der Waals surface area contributed by atoms with Gasteiger partial charge in [0, 0.05) is 37.0 Å². The van der Waals surface area contributed by atoms with Gasteiger partial charge in [-0.1, -0.05) is 29.8 Å². The van der Waals surface area contributed by atoms with Crippen LogP contribution in [0.3, 0.4) is 0 Å². The van der Waals surface area contributed by atoms with Crippen molar-refractivity contribution >= 4 is 40.2 Å². The first kappa shape index (κ1) is 20.1. The zero-order valence-electron chi connectivity index (χ0n) is 16.3. The summed E-state index contributed by atoms with van der Waals surface area (Å²) in [4.78, 5) is 20.7. The van der Waals surface area contributed by atoms with E-state index in [2.05, 4.69) is 28.4 Å². The van der Waals surface area contributed by atoms with Gasteiger partial charge in [-0.05, 0) is 42.5 Å². The molecular weight excluding hydrogens is 416 g/mol. The number of fused-ring (bicyclic) bond motifs is 1. The molecule has 2 heterocycles.